The fraction of sp³-hybridized carbons (Fsp3) is 0.667. The van der Waals surface area contributed by atoms with Crippen LogP contribution >= 0.6 is 31.9 Å². The maximum atomic E-state index is 11.1. The molecule has 1 heterocycles. The van der Waals surface area contributed by atoms with Crippen molar-refractivity contribution in [1.82, 2.24) is 0 Å². The highest BCUT2D eigenvalue weighted by Crippen LogP contribution is 2.22. The molecule has 0 N–H and O–H groups in total. The van der Waals surface area contributed by atoms with Crippen molar-refractivity contribution in [2.75, 3.05) is 22.2 Å². The van der Waals surface area contributed by atoms with Gasteiger partial charge in [0.2, 0.25) is 0 Å². The molecule has 0 aromatic rings. The van der Waals surface area contributed by atoms with Crippen LogP contribution in [0.1, 0.15) is 0 Å². The smallest absolute Gasteiger partial charge is 0.158 e. The lowest BCUT2D eigenvalue weighted by Crippen LogP contribution is -2.03. The minimum atomic E-state index is -2.80. The minimum Gasteiger partial charge on any atom is -0.228 e. The Labute approximate surface area is 83.2 Å². The van der Waals surface area contributed by atoms with E-state index >= 15 is 0 Å². The Morgan fingerprint density at radius 3 is 1.73 bits per heavy atom. The van der Waals surface area contributed by atoms with Crippen LogP contribution in [0.25, 0.3) is 0 Å². The summed E-state index contributed by atoms with van der Waals surface area (Å²) in [6.45, 7) is 0. The van der Waals surface area contributed by atoms with Crippen molar-refractivity contribution in [3.63, 3.8) is 0 Å². The molecular formula is C6H8Br2O2S. The monoisotopic (exact) mass is 302 g/mol. The molecule has 2 nitrogen and oxygen atoms in total. The molecule has 1 rings (SSSR count). The van der Waals surface area contributed by atoms with Crippen LogP contribution in [0, 0.1) is 0 Å². The van der Waals surface area contributed by atoms with Gasteiger partial charge >= 0.3 is 0 Å². The molecule has 11 heavy (non-hydrogen) atoms. The first-order chi connectivity index (χ1) is 5.09. The van der Waals surface area contributed by atoms with Crippen LogP contribution in [0.15, 0.2) is 11.1 Å². The molecule has 64 valence electrons. The molecule has 1 aliphatic heterocycles. The minimum absolute atomic E-state index is 0.235. The van der Waals surface area contributed by atoms with Gasteiger partial charge in [0.05, 0.1) is 11.5 Å². The van der Waals surface area contributed by atoms with Crippen molar-refractivity contribution in [1.29, 1.82) is 0 Å². The van der Waals surface area contributed by atoms with E-state index in [-0.39, 0.29) is 11.5 Å². The van der Waals surface area contributed by atoms with Gasteiger partial charge in [-0.15, -0.1) is 0 Å². The van der Waals surface area contributed by atoms with E-state index in [0.717, 1.165) is 11.1 Å². The largest absolute Gasteiger partial charge is 0.228 e. The quantitative estimate of drug-likeness (QED) is 0.572. The molecule has 0 spiro atoms. The number of alkyl halides is 2. The van der Waals surface area contributed by atoms with Gasteiger partial charge < -0.3 is 0 Å². The van der Waals surface area contributed by atoms with Gasteiger partial charge in [0, 0.05) is 10.7 Å². The van der Waals surface area contributed by atoms with Crippen molar-refractivity contribution < 1.29 is 8.42 Å². The van der Waals surface area contributed by atoms with Crippen molar-refractivity contribution in [3.05, 3.63) is 11.1 Å². The van der Waals surface area contributed by atoms with Crippen molar-refractivity contribution in [2.45, 2.75) is 0 Å². The topological polar surface area (TPSA) is 34.1 Å². The molecule has 1 aliphatic rings. The summed E-state index contributed by atoms with van der Waals surface area (Å²) in [7, 11) is -2.80. The highest BCUT2D eigenvalue weighted by atomic mass is 79.9. The number of sulfone groups is 1. The Morgan fingerprint density at radius 2 is 1.45 bits per heavy atom. The Bertz CT molecular complexity index is 257. The van der Waals surface area contributed by atoms with E-state index in [4.69, 9.17) is 0 Å². The van der Waals surface area contributed by atoms with E-state index in [1.54, 1.807) is 0 Å². The van der Waals surface area contributed by atoms with Crippen LogP contribution in [0.4, 0.5) is 0 Å². The van der Waals surface area contributed by atoms with Gasteiger partial charge in [0.1, 0.15) is 0 Å². The van der Waals surface area contributed by atoms with Crippen molar-refractivity contribution in [3.8, 4) is 0 Å². The number of hydrogen-bond donors (Lipinski definition) is 0. The van der Waals surface area contributed by atoms with Crippen LogP contribution in [-0.2, 0) is 9.84 Å². The van der Waals surface area contributed by atoms with E-state index in [2.05, 4.69) is 31.9 Å². The predicted octanol–water partition coefficient (Wildman–Crippen LogP) is 1.50. The number of rotatable bonds is 2. The Morgan fingerprint density at radius 1 is 1.09 bits per heavy atom. The zero-order valence-corrected chi connectivity index (χ0v) is 9.80. The first-order valence-electron chi connectivity index (χ1n) is 3.11. The third-order valence-corrected chi connectivity index (χ3v) is 4.54. The highest BCUT2D eigenvalue weighted by molar-refractivity contribution is 9.09. The molecule has 0 atom stereocenters. The second kappa shape index (κ2) is 3.58. The van der Waals surface area contributed by atoms with Crippen molar-refractivity contribution >= 4 is 41.7 Å². The number of hydrogen-bond acceptors (Lipinski definition) is 2. The van der Waals surface area contributed by atoms with Gasteiger partial charge in [-0.1, -0.05) is 31.9 Å². The second-order valence-corrected chi connectivity index (χ2v) is 5.69. The third kappa shape index (κ3) is 2.29. The lowest BCUT2D eigenvalue weighted by molar-refractivity contribution is 0.603. The Kier molecular flexibility index (Phi) is 3.17. The Hall–Kier alpha value is 0.650. The summed E-state index contributed by atoms with van der Waals surface area (Å²) in [5.41, 5.74) is 2.03. The number of halogens is 2. The molecule has 5 heteroatoms. The summed E-state index contributed by atoms with van der Waals surface area (Å²) in [6, 6.07) is 0. The lowest BCUT2D eigenvalue weighted by Gasteiger charge is -1.94. The normalized spacial score (nSPS) is 22.7. The molecule has 0 fully saturated rings. The molecule has 0 saturated carbocycles. The van der Waals surface area contributed by atoms with E-state index in [1.807, 2.05) is 0 Å². The summed E-state index contributed by atoms with van der Waals surface area (Å²) in [5, 5.41) is 1.35. The average molecular weight is 304 g/mol. The van der Waals surface area contributed by atoms with E-state index < -0.39 is 9.84 Å². The van der Waals surface area contributed by atoms with Crippen LogP contribution in [0.3, 0.4) is 0 Å². The van der Waals surface area contributed by atoms with Crippen LogP contribution in [-0.4, -0.2) is 30.6 Å². The average Bonchev–Trinajstić information content (AvgIpc) is 2.25. The van der Waals surface area contributed by atoms with Crippen LogP contribution < -0.4 is 0 Å². The molecule has 0 aliphatic carbocycles. The summed E-state index contributed by atoms with van der Waals surface area (Å²) in [6.07, 6.45) is 0. The van der Waals surface area contributed by atoms with E-state index in [0.29, 0.717) is 10.7 Å². The first kappa shape index (κ1) is 9.74. The highest BCUT2D eigenvalue weighted by Gasteiger charge is 2.25. The molecule has 0 aromatic heterocycles. The summed E-state index contributed by atoms with van der Waals surface area (Å²) in [4.78, 5) is 0. The van der Waals surface area contributed by atoms with Gasteiger partial charge in [-0.25, -0.2) is 8.42 Å². The molecule has 0 radical (unpaired) electrons. The fourth-order valence-corrected chi connectivity index (χ4v) is 4.54. The zero-order valence-electron chi connectivity index (χ0n) is 5.81. The summed E-state index contributed by atoms with van der Waals surface area (Å²) >= 11 is 6.53. The molecule has 0 aromatic carbocycles. The maximum Gasteiger partial charge on any atom is 0.158 e. The molecule has 0 bridgehead atoms. The zero-order chi connectivity index (χ0) is 8.48. The third-order valence-electron chi connectivity index (χ3n) is 1.61. The molecule has 0 unspecified atom stereocenters. The van der Waals surface area contributed by atoms with Crippen molar-refractivity contribution in [2.24, 2.45) is 0 Å². The SMILES string of the molecule is O=S1(=O)CC(CBr)=C(CBr)C1. The van der Waals surface area contributed by atoms with Gasteiger partial charge in [-0.2, -0.15) is 0 Å². The van der Waals surface area contributed by atoms with Gasteiger partial charge in [0.15, 0.2) is 9.84 Å². The fourth-order valence-electron chi connectivity index (χ4n) is 1.05. The molecule has 0 amide bonds. The Balaban J connectivity index is 2.88. The maximum absolute atomic E-state index is 11.1. The van der Waals surface area contributed by atoms with Gasteiger partial charge in [-0.05, 0) is 11.1 Å². The van der Waals surface area contributed by atoms with Crippen LogP contribution in [0.2, 0.25) is 0 Å². The van der Waals surface area contributed by atoms with E-state index in [9.17, 15) is 8.42 Å². The standard InChI is InChI=1S/C6H8Br2O2S/c7-1-5-3-11(9,10)4-6(5)2-8/h1-4H2. The molecular weight excluding hydrogens is 296 g/mol. The summed E-state index contributed by atoms with van der Waals surface area (Å²) in [5.74, 6) is 0.471. The lowest BCUT2D eigenvalue weighted by atomic mass is 10.2. The van der Waals surface area contributed by atoms with E-state index in [1.165, 1.54) is 0 Å². The first-order valence-corrected chi connectivity index (χ1v) is 7.17. The predicted molar refractivity (Wildman–Crippen MR) is 53.3 cm³/mol. The molecule has 0 saturated heterocycles. The van der Waals surface area contributed by atoms with Gasteiger partial charge in [-0.3, -0.25) is 0 Å². The summed E-state index contributed by atoms with van der Waals surface area (Å²) < 4.78 is 22.2. The van der Waals surface area contributed by atoms with Gasteiger partial charge in [0.25, 0.3) is 0 Å². The van der Waals surface area contributed by atoms with Crippen LogP contribution in [0.5, 0.6) is 0 Å². The second-order valence-electron chi connectivity index (χ2n) is 2.51.